The fourth-order valence-corrected chi connectivity index (χ4v) is 2.13. The Bertz CT molecular complexity index is 454. The maximum absolute atomic E-state index is 11.5. The molecule has 0 saturated heterocycles. The van der Waals surface area contributed by atoms with E-state index >= 15 is 0 Å². The second-order valence-electron chi connectivity index (χ2n) is 2.97. The Morgan fingerprint density at radius 3 is 2.71 bits per heavy atom. The van der Waals surface area contributed by atoms with Crippen molar-refractivity contribution in [1.82, 2.24) is 0 Å². The van der Waals surface area contributed by atoms with E-state index in [1.807, 2.05) is 0 Å². The van der Waals surface area contributed by atoms with Crippen molar-refractivity contribution in [3.05, 3.63) is 33.3 Å². The van der Waals surface area contributed by atoms with Crippen LogP contribution in [0, 0.1) is 0 Å². The van der Waals surface area contributed by atoms with E-state index < -0.39 is 0 Å². The number of ketones is 1. The molecule has 0 radical (unpaired) electrons. The summed E-state index contributed by atoms with van der Waals surface area (Å²) in [5.41, 5.74) is 1.20. The van der Waals surface area contributed by atoms with Crippen LogP contribution in [0.1, 0.15) is 15.9 Å². The molecule has 5 heteroatoms. The number of carbonyl (C=O) groups excluding carboxylic acids is 1. The lowest BCUT2D eigenvalue weighted by Crippen LogP contribution is -2.07. The van der Waals surface area contributed by atoms with Gasteiger partial charge >= 0.3 is 0 Å². The summed E-state index contributed by atoms with van der Waals surface area (Å²) in [5.74, 6) is -0.329. The van der Waals surface area contributed by atoms with Crippen LogP contribution >= 0.6 is 23.2 Å². The minimum Gasteiger partial charge on any atom is -0.411 e. The minimum atomic E-state index is -0.329. The number of oxime groups is 1. The molecule has 0 saturated carbocycles. The lowest BCUT2D eigenvalue weighted by molar-refractivity contribution is 0.106. The molecule has 0 unspecified atom stereocenters. The van der Waals surface area contributed by atoms with Crippen LogP contribution in [-0.4, -0.2) is 16.7 Å². The molecule has 1 aliphatic rings. The van der Waals surface area contributed by atoms with Crippen molar-refractivity contribution in [2.75, 3.05) is 0 Å². The highest BCUT2D eigenvalue weighted by Gasteiger charge is 2.29. The Morgan fingerprint density at radius 1 is 1.36 bits per heavy atom. The van der Waals surface area contributed by atoms with E-state index in [1.54, 1.807) is 6.07 Å². The quantitative estimate of drug-likeness (QED) is 0.550. The molecular formula is C9H5Cl2NO2. The molecule has 72 valence electrons. The van der Waals surface area contributed by atoms with Gasteiger partial charge < -0.3 is 5.21 Å². The standard InChI is InChI=1S/C9H5Cl2NO2/c10-5-1-4-2-7(12-14)9(13)8(4)6(11)3-5/h1,3,14H,2H2/b12-7+. The molecule has 1 aromatic carbocycles. The van der Waals surface area contributed by atoms with Gasteiger partial charge in [-0.1, -0.05) is 28.4 Å². The zero-order valence-corrected chi connectivity index (χ0v) is 8.43. The average Bonchev–Trinajstić information content (AvgIpc) is 2.42. The highest BCUT2D eigenvalue weighted by molar-refractivity contribution is 6.52. The van der Waals surface area contributed by atoms with E-state index in [1.165, 1.54) is 6.07 Å². The van der Waals surface area contributed by atoms with Crippen molar-refractivity contribution in [1.29, 1.82) is 0 Å². The van der Waals surface area contributed by atoms with E-state index in [2.05, 4.69) is 5.16 Å². The smallest absolute Gasteiger partial charge is 0.212 e. The number of nitrogens with zero attached hydrogens (tertiary/aromatic N) is 1. The van der Waals surface area contributed by atoms with Gasteiger partial charge in [0.1, 0.15) is 5.71 Å². The molecule has 0 fully saturated rings. The first kappa shape index (κ1) is 9.49. The minimum absolute atomic E-state index is 0.101. The van der Waals surface area contributed by atoms with Crippen LogP contribution in [-0.2, 0) is 6.42 Å². The van der Waals surface area contributed by atoms with Gasteiger partial charge in [-0.25, -0.2) is 0 Å². The first-order valence-electron chi connectivity index (χ1n) is 3.87. The third kappa shape index (κ3) is 1.29. The predicted molar refractivity (Wildman–Crippen MR) is 53.7 cm³/mol. The molecule has 3 nitrogen and oxygen atoms in total. The van der Waals surface area contributed by atoms with Gasteiger partial charge in [-0.3, -0.25) is 4.79 Å². The predicted octanol–water partition coefficient (Wildman–Crippen LogP) is 2.56. The lowest BCUT2D eigenvalue weighted by Gasteiger charge is -1.99. The van der Waals surface area contributed by atoms with Crippen molar-refractivity contribution in [2.45, 2.75) is 6.42 Å². The summed E-state index contributed by atoms with van der Waals surface area (Å²) in [6.07, 6.45) is 0.283. The van der Waals surface area contributed by atoms with Gasteiger partial charge in [-0.15, -0.1) is 0 Å². The van der Waals surface area contributed by atoms with E-state index in [0.29, 0.717) is 21.2 Å². The molecule has 1 aliphatic carbocycles. The Labute approximate surface area is 89.9 Å². The SMILES string of the molecule is O=C1/C(=N/O)Cc2cc(Cl)cc(Cl)c21. The maximum atomic E-state index is 11.5. The van der Waals surface area contributed by atoms with Gasteiger partial charge in [0.05, 0.1) is 5.02 Å². The fourth-order valence-electron chi connectivity index (χ4n) is 1.51. The molecule has 0 atom stereocenters. The monoisotopic (exact) mass is 229 g/mol. The molecule has 0 spiro atoms. The van der Waals surface area contributed by atoms with Crippen molar-refractivity contribution >= 4 is 34.7 Å². The maximum Gasteiger partial charge on any atom is 0.212 e. The summed E-state index contributed by atoms with van der Waals surface area (Å²) >= 11 is 11.6. The Hall–Kier alpha value is -1.06. The largest absolute Gasteiger partial charge is 0.411 e. The van der Waals surface area contributed by atoms with Crippen LogP contribution in [0.25, 0.3) is 0 Å². The number of halogens is 2. The van der Waals surface area contributed by atoms with E-state index in [9.17, 15) is 4.79 Å². The van der Waals surface area contributed by atoms with Gasteiger partial charge in [-0.2, -0.15) is 0 Å². The van der Waals surface area contributed by atoms with Gasteiger partial charge in [-0.05, 0) is 17.7 Å². The van der Waals surface area contributed by atoms with E-state index in [0.717, 1.165) is 0 Å². The van der Waals surface area contributed by atoms with Crippen LogP contribution in [0.5, 0.6) is 0 Å². The van der Waals surface area contributed by atoms with Gasteiger partial charge in [0, 0.05) is 17.0 Å². The Balaban J connectivity index is 2.65. The van der Waals surface area contributed by atoms with Crippen molar-refractivity contribution in [2.24, 2.45) is 5.16 Å². The third-order valence-electron chi connectivity index (χ3n) is 2.10. The molecule has 2 rings (SSSR count). The van der Waals surface area contributed by atoms with Crippen LogP contribution in [0.4, 0.5) is 0 Å². The number of fused-ring (bicyclic) bond motifs is 1. The summed E-state index contributed by atoms with van der Waals surface area (Å²) in [7, 11) is 0. The molecule has 1 aromatic rings. The number of benzene rings is 1. The second kappa shape index (κ2) is 3.26. The van der Waals surface area contributed by atoms with Crippen molar-refractivity contribution in [3.63, 3.8) is 0 Å². The van der Waals surface area contributed by atoms with Crippen molar-refractivity contribution in [3.8, 4) is 0 Å². The average molecular weight is 230 g/mol. The zero-order valence-electron chi connectivity index (χ0n) is 6.92. The third-order valence-corrected chi connectivity index (χ3v) is 2.62. The molecule has 0 heterocycles. The normalized spacial score (nSPS) is 17.6. The molecule has 0 bridgehead atoms. The van der Waals surface area contributed by atoms with Gasteiger partial charge in [0.15, 0.2) is 0 Å². The molecular weight excluding hydrogens is 225 g/mol. The van der Waals surface area contributed by atoms with Crippen LogP contribution in [0.15, 0.2) is 17.3 Å². The topological polar surface area (TPSA) is 49.7 Å². The molecule has 14 heavy (non-hydrogen) atoms. The van der Waals surface area contributed by atoms with E-state index in [-0.39, 0.29) is 17.9 Å². The van der Waals surface area contributed by atoms with Crippen LogP contribution in [0.3, 0.4) is 0 Å². The number of carbonyl (C=O) groups is 1. The zero-order chi connectivity index (χ0) is 10.3. The number of rotatable bonds is 0. The Morgan fingerprint density at radius 2 is 2.07 bits per heavy atom. The summed E-state index contributed by atoms with van der Waals surface area (Å²) in [6.45, 7) is 0. The van der Waals surface area contributed by atoms with Gasteiger partial charge in [0.2, 0.25) is 5.78 Å². The van der Waals surface area contributed by atoms with Crippen LogP contribution in [0.2, 0.25) is 10.0 Å². The molecule has 0 aliphatic heterocycles. The summed E-state index contributed by atoms with van der Waals surface area (Å²) in [6, 6.07) is 3.15. The summed E-state index contributed by atoms with van der Waals surface area (Å²) in [4.78, 5) is 11.5. The number of Topliss-reactive ketones (excluding diaryl/α,β-unsaturated/α-hetero) is 1. The molecule has 1 N–H and O–H groups in total. The highest BCUT2D eigenvalue weighted by Crippen LogP contribution is 2.30. The van der Waals surface area contributed by atoms with E-state index in [4.69, 9.17) is 28.4 Å². The van der Waals surface area contributed by atoms with Crippen molar-refractivity contribution < 1.29 is 10.0 Å². The van der Waals surface area contributed by atoms with Gasteiger partial charge in [0.25, 0.3) is 0 Å². The number of hydrogen-bond acceptors (Lipinski definition) is 3. The Kier molecular flexibility index (Phi) is 2.21. The summed E-state index contributed by atoms with van der Waals surface area (Å²) in [5, 5.41) is 12.3. The lowest BCUT2D eigenvalue weighted by atomic mass is 10.1. The molecule has 0 aromatic heterocycles. The fraction of sp³-hybridized carbons (Fsp3) is 0.111. The summed E-state index contributed by atoms with van der Waals surface area (Å²) < 4.78 is 0. The van der Waals surface area contributed by atoms with Crippen LogP contribution < -0.4 is 0 Å². The first-order valence-corrected chi connectivity index (χ1v) is 4.62. The first-order chi connectivity index (χ1) is 6.63. The molecule has 0 amide bonds. The number of hydrogen-bond donors (Lipinski definition) is 1. The highest BCUT2D eigenvalue weighted by atomic mass is 35.5. The second-order valence-corrected chi connectivity index (χ2v) is 3.82.